The summed E-state index contributed by atoms with van der Waals surface area (Å²) in [6, 6.07) is 2.02. The molecular formula is C13H20BrN5O. The van der Waals surface area contributed by atoms with Crippen molar-refractivity contribution in [2.45, 2.75) is 20.0 Å². The van der Waals surface area contributed by atoms with Crippen molar-refractivity contribution < 1.29 is 4.74 Å². The van der Waals surface area contributed by atoms with Crippen LogP contribution in [0.5, 0.6) is 0 Å². The van der Waals surface area contributed by atoms with Gasteiger partial charge < -0.3 is 10.1 Å². The number of hydrogen-bond acceptors (Lipinski definition) is 4. The van der Waals surface area contributed by atoms with Crippen molar-refractivity contribution in [3.8, 4) is 0 Å². The maximum Gasteiger partial charge on any atom is 0.0843 e. The molecule has 0 aliphatic carbocycles. The molecule has 6 nitrogen and oxygen atoms in total. The lowest BCUT2D eigenvalue weighted by Gasteiger charge is -2.09. The van der Waals surface area contributed by atoms with E-state index in [1.165, 1.54) is 0 Å². The zero-order chi connectivity index (χ0) is 14.5. The Morgan fingerprint density at radius 3 is 2.90 bits per heavy atom. The van der Waals surface area contributed by atoms with Gasteiger partial charge in [-0.2, -0.15) is 10.2 Å². The molecule has 1 N–H and O–H groups in total. The van der Waals surface area contributed by atoms with Crippen LogP contribution in [-0.2, 0) is 24.9 Å². The van der Waals surface area contributed by atoms with Crippen LogP contribution < -0.4 is 5.32 Å². The Kier molecular flexibility index (Phi) is 5.33. The predicted molar refractivity (Wildman–Crippen MR) is 80.6 cm³/mol. The normalized spacial score (nSPS) is 11.2. The second-order valence-corrected chi connectivity index (χ2v) is 5.41. The molecule has 0 aliphatic rings. The van der Waals surface area contributed by atoms with E-state index in [0.29, 0.717) is 13.2 Å². The standard InChI is InChI=1S/C13H20BrN5O/c1-10-13(14)12(18(2)17-10)9-19-11(4-5-16-19)8-15-6-7-20-3/h4-5,15H,6-9H2,1-3H3. The van der Waals surface area contributed by atoms with Gasteiger partial charge in [0.15, 0.2) is 0 Å². The van der Waals surface area contributed by atoms with Crippen LogP contribution in [0, 0.1) is 6.92 Å². The molecule has 2 aromatic rings. The number of ether oxygens (including phenoxy) is 1. The summed E-state index contributed by atoms with van der Waals surface area (Å²) < 4.78 is 9.95. The summed E-state index contributed by atoms with van der Waals surface area (Å²) in [6.45, 7) is 5.00. The number of nitrogens with zero attached hydrogens (tertiary/aromatic N) is 4. The van der Waals surface area contributed by atoms with Gasteiger partial charge in [0.25, 0.3) is 0 Å². The van der Waals surface area contributed by atoms with E-state index in [0.717, 1.165) is 34.6 Å². The average Bonchev–Trinajstić information content (AvgIpc) is 2.95. The summed E-state index contributed by atoms with van der Waals surface area (Å²) in [5.74, 6) is 0. The minimum absolute atomic E-state index is 0.701. The van der Waals surface area contributed by atoms with E-state index >= 15 is 0 Å². The van der Waals surface area contributed by atoms with Gasteiger partial charge >= 0.3 is 0 Å². The minimum Gasteiger partial charge on any atom is -0.383 e. The fourth-order valence-electron chi connectivity index (χ4n) is 2.04. The van der Waals surface area contributed by atoms with Crippen molar-refractivity contribution in [3.05, 3.63) is 33.8 Å². The summed E-state index contributed by atoms with van der Waals surface area (Å²) in [5, 5.41) is 12.1. The molecule has 0 radical (unpaired) electrons. The summed E-state index contributed by atoms with van der Waals surface area (Å²) >= 11 is 3.59. The third kappa shape index (κ3) is 3.47. The molecule has 7 heteroatoms. The Hall–Kier alpha value is -1.18. The molecule has 0 atom stereocenters. The summed E-state index contributed by atoms with van der Waals surface area (Å²) in [7, 11) is 3.65. The molecule has 0 aromatic carbocycles. The SMILES string of the molecule is COCCNCc1ccnn1Cc1c(Br)c(C)nn1C. The Morgan fingerprint density at radius 2 is 2.25 bits per heavy atom. The van der Waals surface area contributed by atoms with Gasteiger partial charge in [-0.25, -0.2) is 0 Å². The zero-order valence-electron chi connectivity index (χ0n) is 12.1. The van der Waals surface area contributed by atoms with Crippen molar-refractivity contribution in [2.24, 2.45) is 7.05 Å². The van der Waals surface area contributed by atoms with Gasteiger partial charge in [-0.3, -0.25) is 9.36 Å². The monoisotopic (exact) mass is 341 g/mol. The van der Waals surface area contributed by atoms with Crippen LogP contribution in [0.25, 0.3) is 0 Å². The zero-order valence-corrected chi connectivity index (χ0v) is 13.6. The first-order valence-corrected chi connectivity index (χ1v) is 7.31. The van der Waals surface area contributed by atoms with Crippen LogP contribution >= 0.6 is 15.9 Å². The third-order valence-electron chi connectivity index (χ3n) is 3.15. The molecule has 0 aliphatic heterocycles. The maximum atomic E-state index is 5.02. The van der Waals surface area contributed by atoms with Crippen molar-refractivity contribution in [1.82, 2.24) is 24.9 Å². The number of aryl methyl sites for hydroxylation is 2. The molecule has 0 spiro atoms. The van der Waals surface area contributed by atoms with E-state index in [1.54, 1.807) is 7.11 Å². The lowest BCUT2D eigenvalue weighted by Crippen LogP contribution is -2.21. The first-order chi connectivity index (χ1) is 9.63. The molecular weight excluding hydrogens is 322 g/mol. The van der Waals surface area contributed by atoms with Crippen LogP contribution in [0.3, 0.4) is 0 Å². The molecule has 2 aromatic heterocycles. The van der Waals surface area contributed by atoms with Gasteiger partial charge in [-0.1, -0.05) is 0 Å². The molecule has 2 heterocycles. The fraction of sp³-hybridized carbons (Fsp3) is 0.538. The smallest absolute Gasteiger partial charge is 0.0843 e. The number of hydrogen-bond donors (Lipinski definition) is 1. The van der Waals surface area contributed by atoms with Crippen molar-refractivity contribution in [1.29, 1.82) is 0 Å². The lowest BCUT2D eigenvalue weighted by atomic mass is 10.3. The second-order valence-electron chi connectivity index (χ2n) is 4.62. The largest absolute Gasteiger partial charge is 0.383 e. The summed E-state index contributed by atoms with van der Waals surface area (Å²) in [6.07, 6.45) is 1.82. The highest BCUT2D eigenvalue weighted by Crippen LogP contribution is 2.21. The van der Waals surface area contributed by atoms with E-state index in [4.69, 9.17) is 4.74 Å². The Bertz CT molecular complexity index is 563. The highest BCUT2D eigenvalue weighted by atomic mass is 79.9. The quantitative estimate of drug-likeness (QED) is 0.775. The summed E-state index contributed by atoms with van der Waals surface area (Å²) in [4.78, 5) is 0. The van der Waals surface area contributed by atoms with Crippen LogP contribution in [0.15, 0.2) is 16.7 Å². The minimum atomic E-state index is 0.701. The molecule has 0 bridgehead atoms. The average molecular weight is 342 g/mol. The van der Waals surface area contributed by atoms with E-state index in [1.807, 2.05) is 35.6 Å². The van der Waals surface area contributed by atoms with Gasteiger partial charge in [0, 0.05) is 33.4 Å². The molecule has 0 fully saturated rings. The molecule has 110 valence electrons. The van der Waals surface area contributed by atoms with E-state index < -0.39 is 0 Å². The number of nitrogens with one attached hydrogen (secondary N) is 1. The number of methoxy groups -OCH3 is 1. The van der Waals surface area contributed by atoms with Crippen LogP contribution in [-0.4, -0.2) is 39.8 Å². The second kappa shape index (κ2) is 7.01. The van der Waals surface area contributed by atoms with Crippen molar-refractivity contribution in [3.63, 3.8) is 0 Å². The van der Waals surface area contributed by atoms with Gasteiger partial charge in [0.05, 0.1) is 34.7 Å². The van der Waals surface area contributed by atoms with Crippen LogP contribution in [0.4, 0.5) is 0 Å². The molecule has 0 saturated heterocycles. The molecule has 20 heavy (non-hydrogen) atoms. The van der Waals surface area contributed by atoms with Gasteiger partial charge in [0.1, 0.15) is 0 Å². The maximum absolute atomic E-state index is 5.02. The highest BCUT2D eigenvalue weighted by molar-refractivity contribution is 9.10. The van der Waals surface area contributed by atoms with Gasteiger partial charge in [-0.15, -0.1) is 0 Å². The third-order valence-corrected chi connectivity index (χ3v) is 4.19. The van der Waals surface area contributed by atoms with Gasteiger partial charge in [0.2, 0.25) is 0 Å². The summed E-state index contributed by atoms with van der Waals surface area (Å²) in [5.41, 5.74) is 3.26. The van der Waals surface area contributed by atoms with E-state index in [-0.39, 0.29) is 0 Å². The van der Waals surface area contributed by atoms with Crippen LogP contribution in [0.2, 0.25) is 0 Å². The van der Waals surface area contributed by atoms with Crippen molar-refractivity contribution >= 4 is 15.9 Å². The Morgan fingerprint density at radius 1 is 1.45 bits per heavy atom. The number of halogens is 1. The number of rotatable bonds is 7. The van der Waals surface area contributed by atoms with E-state index in [9.17, 15) is 0 Å². The Labute approximate surface area is 127 Å². The van der Waals surface area contributed by atoms with Crippen LogP contribution in [0.1, 0.15) is 17.1 Å². The molecule has 2 rings (SSSR count). The molecule has 0 unspecified atom stereocenters. The molecule has 0 amide bonds. The Balaban J connectivity index is 2.05. The first-order valence-electron chi connectivity index (χ1n) is 6.51. The first kappa shape index (κ1) is 15.2. The lowest BCUT2D eigenvalue weighted by molar-refractivity contribution is 0.199. The van der Waals surface area contributed by atoms with E-state index in [2.05, 4.69) is 31.4 Å². The van der Waals surface area contributed by atoms with Crippen molar-refractivity contribution in [2.75, 3.05) is 20.3 Å². The number of aromatic nitrogens is 4. The van der Waals surface area contributed by atoms with Gasteiger partial charge in [-0.05, 0) is 28.9 Å². The topological polar surface area (TPSA) is 56.9 Å². The fourth-order valence-corrected chi connectivity index (χ4v) is 2.50. The highest BCUT2D eigenvalue weighted by Gasteiger charge is 2.12. The molecule has 0 saturated carbocycles. The predicted octanol–water partition coefficient (Wildman–Crippen LogP) is 1.47.